The fraction of sp³-hybridized carbons (Fsp3) is 0.0870. The van der Waals surface area contributed by atoms with Crippen LogP contribution in [-0.4, -0.2) is 18.0 Å². The molecule has 6 nitrogen and oxygen atoms in total. The second-order valence-corrected chi connectivity index (χ2v) is 6.79. The van der Waals surface area contributed by atoms with Crippen molar-refractivity contribution < 1.29 is 14.3 Å². The monoisotopic (exact) mass is 421 g/mol. The first-order chi connectivity index (χ1) is 14.5. The van der Waals surface area contributed by atoms with Gasteiger partial charge in [0, 0.05) is 34.3 Å². The van der Waals surface area contributed by atoms with Crippen molar-refractivity contribution in [2.45, 2.75) is 13.5 Å². The van der Waals surface area contributed by atoms with Gasteiger partial charge < -0.3 is 10.1 Å². The number of halogens is 1. The van der Waals surface area contributed by atoms with Crippen LogP contribution in [0.15, 0.2) is 77.9 Å². The van der Waals surface area contributed by atoms with Gasteiger partial charge in [-0.15, -0.1) is 0 Å². The van der Waals surface area contributed by atoms with Gasteiger partial charge in [0.2, 0.25) is 5.91 Å². The van der Waals surface area contributed by atoms with E-state index in [9.17, 15) is 9.59 Å². The Morgan fingerprint density at radius 2 is 1.80 bits per heavy atom. The molecule has 2 N–H and O–H groups in total. The number of carbonyl (C=O) groups excluding carboxylic acids is 2. The first kappa shape index (κ1) is 21.1. The van der Waals surface area contributed by atoms with Crippen LogP contribution in [-0.2, 0) is 11.4 Å². The molecular formula is C23H20ClN3O3. The molecular weight excluding hydrogens is 402 g/mol. The third kappa shape index (κ3) is 5.93. The third-order valence-electron chi connectivity index (χ3n) is 4.07. The van der Waals surface area contributed by atoms with Crippen molar-refractivity contribution in [1.82, 2.24) is 5.43 Å². The zero-order valence-corrected chi connectivity index (χ0v) is 17.0. The zero-order chi connectivity index (χ0) is 21.3. The summed E-state index contributed by atoms with van der Waals surface area (Å²) in [5.74, 6) is 0.00923. The van der Waals surface area contributed by atoms with E-state index in [1.54, 1.807) is 24.3 Å². The number of hydrogen-bond donors (Lipinski definition) is 2. The molecule has 3 aromatic carbocycles. The van der Waals surface area contributed by atoms with E-state index in [1.807, 2.05) is 48.5 Å². The summed E-state index contributed by atoms with van der Waals surface area (Å²) < 4.78 is 5.87. The van der Waals surface area contributed by atoms with Crippen molar-refractivity contribution in [3.8, 4) is 5.75 Å². The van der Waals surface area contributed by atoms with E-state index in [2.05, 4.69) is 15.8 Å². The van der Waals surface area contributed by atoms with Crippen LogP contribution in [0.1, 0.15) is 28.4 Å². The van der Waals surface area contributed by atoms with Gasteiger partial charge in [-0.1, -0.05) is 48.0 Å². The summed E-state index contributed by atoms with van der Waals surface area (Å²) in [7, 11) is 0. The van der Waals surface area contributed by atoms with Crippen LogP contribution in [0.2, 0.25) is 5.02 Å². The molecule has 0 unspecified atom stereocenters. The average Bonchev–Trinajstić information content (AvgIpc) is 2.73. The molecule has 0 heterocycles. The predicted molar refractivity (Wildman–Crippen MR) is 118 cm³/mol. The predicted octanol–water partition coefficient (Wildman–Crippen LogP) is 4.64. The highest BCUT2D eigenvalue weighted by atomic mass is 35.5. The summed E-state index contributed by atoms with van der Waals surface area (Å²) in [4.78, 5) is 23.5. The molecule has 0 saturated carbocycles. The van der Waals surface area contributed by atoms with Crippen LogP contribution < -0.4 is 15.5 Å². The van der Waals surface area contributed by atoms with E-state index in [0.29, 0.717) is 34.2 Å². The molecule has 2 amide bonds. The van der Waals surface area contributed by atoms with Gasteiger partial charge in [-0.25, -0.2) is 5.43 Å². The van der Waals surface area contributed by atoms with Gasteiger partial charge in [-0.2, -0.15) is 5.10 Å². The first-order valence-corrected chi connectivity index (χ1v) is 9.57. The molecule has 0 fully saturated rings. The van der Waals surface area contributed by atoms with Crippen molar-refractivity contribution in [2.24, 2.45) is 5.10 Å². The molecule has 0 aromatic heterocycles. The number of nitrogens with zero attached hydrogens (tertiary/aromatic N) is 1. The summed E-state index contributed by atoms with van der Waals surface area (Å²) in [6.07, 6.45) is 1.51. The van der Waals surface area contributed by atoms with Gasteiger partial charge in [0.25, 0.3) is 5.91 Å². The van der Waals surface area contributed by atoms with E-state index in [1.165, 1.54) is 13.1 Å². The highest BCUT2D eigenvalue weighted by Gasteiger charge is 2.07. The van der Waals surface area contributed by atoms with Crippen LogP contribution in [0.25, 0.3) is 0 Å². The minimum Gasteiger partial charge on any atom is -0.488 e. The topological polar surface area (TPSA) is 79.8 Å². The Labute approximate surface area is 179 Å². The molecule has 0 radical (unpaired) electrons. The van der Waals surface area contributed by atoms with Crippen molar-refractivity contribution in [2.75, 3.05) is 5.32 Å². The average molecular weight is 422 g/mol. The maximum absolute atomic E-state index is 12.3. The lowest BCUT2D eigenvalue weighted by Crippen LogP contribution is -2.18. The molecule has 0 atom stereocenters. The Kier molecular flexibility index (Phi) is 7.19. The van der Waals surface area contributed by atoms with Crippen LogP contribution in [0.3, 0.4) is 0 Å². The van der Waals surface area contributed by atoms with Crippen molar-refractivity contribution in [1.29, 1.82) is 0 Å². The number of benzene rings is 3. The Bertz CT molecular complexity index is 1080. The highest BCUT2D eigenvalue weighted by Crippen LogP contribution is 2.21. The number of nitrogens with one attached hydrogen (secondary N) is 2. The van der Waals surface area contributed by atoms with Crippen molar-refractivity contribution in [3.05, 3.63) is 94.5 Å². The minimum atomic E-state index is -0.395. The maximum atomic E-state index is 12.3. The minimum absolute atomic E-state index is 0.209. The molecule has 0 aliphatic carbocycles. The molecule has 30 heavy (non-hydrogen) atoms. The standard InChI is InChI=1S/C23H20ClN3O3/c1-16(28)26-20-10-6-9-17(13-20)23(29)27-25-14-18-7-3-5-12-22(18)30-15-19-8-2-4-11-21(19)24/h2-14H,15H2,1H3,(H,26,28)(H,27,29). The Hall–Kier alpha value is -3.64. The Balaban J connectivity index is 1.64. The zero-order valence-electron chi connectivity index (χ0n) is 16.3. The molecule has 7 heteroatoms. The third-order valence-corrected chi connectivity index (χ3v) is 4.44. The maximum Gasteiger partial charge on any atom is 0.271 e. The van der Waals surface area contributed by atoms with E-state index in [-0.39, 0.29) is 5.91 Å². The highest BCUT2D eigenvalue weighted by molar-refractivity contribution is 6.31. The number of carbonyl (C=O) groups is 2. The van der Waals surface area contributed by atoms with Crippen LogP contribution in [0.5, 0.6) is 5.75 Å². The number of anilines is 1. The van der Waals surface area contributed by atoms with Crippen LogP contribution in [0.4, 0.5) is 5.69 Å². The second-order valence-electron chi connectivity index (χ2n) is 6.38. The quantitative estimate of drug-likeness (QED) is 0.430. The SMILES string of the molecule is CC(=O)Nc1cccc(C(=O)NN=Cc2ccccc2OCc2ccccc2Cl)c1. The Morgan fingerprint density at radius 1 is 1.03 bits per heavy atom. The Morgan fingerprint density at radius 3 is 2.60 bits per heavy atom. The van der Waals surface area contributed by atoms with Crippen molar-refractivity contribution in [3.63, 3.8) is 0 Å². The largest absolute Gasteiger partial charge is 0.488 e. The lowest BCUT2D eigenvalue weighted by atomic mass is 10.2. The smallest absolute Gasteiger partial charge is 0.271 e. The number of rotatable bonds is 7. The molecule has 0 aliphatic rings. The van der Waals surface area contributed by atoms with E-state index in [4.69, 9.17) is 16.3 Å². The number of hydrazone groups is 1. The van der Waals surface area contributed by atoms with E-state index < -0.39 is 5.91 Å². The molecule has 3 aromatic rings. The molecule has 3 rings (SSSR count). The van der Waals surface area contributed by atoms with Gasteiger partial charge in [0.1, 0.15) is 12.4 Å². The molecule has 152 valence electrons. The van der Waals surface area contributed by atoms with Gasteiger partial charge in [0.15, 0.2) is 0 Å². The lowest BCUT2D eigenvalue weighted by Gasteiger charge is -2.10. The summed E-state index contributed by atoms with van der Waals surface area (Å²) in [5.41, 5.74) is 4.97. The van der Waals surface area contributed by atoms with Gasteiger partial charge in [0.05, 0.1) is 6.21 Å². The normalized spacial score (nSPS) is 10.6. The number of para-hydroxylation sites is 1. The summed E-state index contributed by atoms with van der Waals surface area (Å²) in [6, 6.07) is 21.4. The van der Waals surface area contributed by atoms with Gasteiger partial charge >= 0.3 is 0 Å². The molecule has 0 aliphatic heterocycles. The van der Waals surface area contributed by atoms with E-state index >= 15 is 0 Å². The number of ether oxygens (including phenoxy) is 1. The fourth-order valence-corrected chi connectivity index (χ4v) is 2.85. The van der Waals surface area contributed by atoms with Crippen LogP contribution >= 0.6 is 11.6 Å². The molecule has 0 spiro atoms. The van der Waals surface area contributed by atoms with Crippen molar-refractivity contribution >= 4 is 35.3 Å². The van der Waals surface area contributed by atoms with Gasteiger partial charge in [-0.3, -0.25) is 9.59 Å². The second kappa shape index (κ2) is 10.2. The number of hydrogen-bond acceptors (Lipinski definition) is 4. The lowest BCUT2D eigenvalue weighted by molar-refractivity contribution is -0.114. The van der Waals surface area contributed by atoms with Crippen LogP contribution in [0, 0.1) is 0 Å². The summed E-state index contributed by atoms with van der Waals surface area (Å²) in [6.45, 7) is 1.72. The first-order valence-electron chi connectivity index (χ1n) is 9.19. The summed E-state index contributed by atoms with van der Waals surface area (Å²) >= 11 is 6.17. The molecule has 0 saturated heterocycles. The summed E-state index contributed by atoms with van der Waals surface area (Å²) in [5, 5.41) is 7.30. The fourth-order valence-electron chi connectivity index (χ4n) is 2.66. The molecule has 0 bridgehead atoms. The van der Waals surface area contributed by atoms with E-state index in [0.717, 1.165) is 5.56 Å². The number of amides is 2. The van der Waals surface area contributed by atoms with Gasteiger partial charge in [-0.05, 0) is 36.4 Å².